The van der Waals surface area contributed by atoms with Crippen LogP contribution in [0.15, 0.2) is 36.9 Å². The summed E-state index contributed by atoms with van der Waals surface area (Å²) in [5.41, 5.74) is 0. The van der Waals surface area contributed by atoms with E-state index in [0.29, 0.717) is 25.1 Å². The van der Waals surface area contributed by atoms with Crippen LogP contribution in [0.2, 0.25) is 0 Å². The molecule has 3 rings (SSSR count). The SMILES string of the molecule is C[C@@H]1CNCCN1c1nccnc1OCCOc1cccnc1. The van der Waals surface area contributed by atoms with E-state index in [1.54, 1.807) is 24.8 Å². The van der Waals surface area contributed by atoms with Gasteiger partial charge in [0, 0.05) is 44.3 Å². The molecule has 0 aliphatic carbocycles. The van der Waals surface area contributed by atoms with Crippen molar-refractivity contribution in [1.82, 2.24) is 20.3 Å². The highest BCUT2D eigenvalue weighted by molar-refractivity contribution is 5.49. The first kappa shape index (κ1) is 15.5. The van der Waals surface area contributed by atoms with E-state index in [4.69, 9.17) is 9.47 Å². The maximum atomic E-state index is 5.78. The molecule has 1 aliphatic rings. The topological polar surface area (TPSA) is 72.4 Å². The van der Waals surface area contributed by atoms with Crippen molar-refractivity contribution in [3.05, 3.63) is 36.9 Å². The van der Waals surface area contributed by atoms with Gasteiger partial charge in [-0.25, -0.2) is 9.97 Å². The Hall–Kier alpha value is -2.41. The molecule has 0 radical (unpaired) electrons. The van der Waals surface area contributed by atoms with E-state index in [1.807, 2.05) is 12.1 Å². The van der Waals surface area contributed by atoms with E-state index in [0.717, 1.165) is 31.2 Å². The molecule has 23 heavy (non-hydrogen) atoms. The smallest absolute Gasteiger partial charge is 0.257 e. The molecule has 0 unspecified atom stereocenters. The molecular weight excluding hydrogens is 294 g/mol. The lowest BCUT2D eigenvalue weighted by Crippen LogP contribution is -2.50. The zero-order valence-corrected chi connectivity index (χ0v) is 13.2. The fourth-order valence-corrected chi connectivity index (χ4v) is 2.50. The predicted octanol–water partition coefficient (Wildman–Crippen LogP) is 1.13. The van der Waals surface area contributed by atoms with Gasteiger partial charge in [0.05, 0.1) is 6.20 Å². The lowest BCUT2D eigenvalue weighted by atomic mass is 10.2. The average Bonchev–Trinajstić information content (AvgIpc) is 2.61. The molecule has 1 saturated heterocycles. The van der Waals surface area contributed by atoms with E-state index >= 15 is 0 Å². The third kappa shape index (κ3) is 4.07. The van der Waals surface area contributed by atoms with Gasteiger partial charge in [-0.3, -0.25) is 4.98 Å². The van der Waals surface area contributed by atoms with Crippen molar-refractivity contribution < 1.29 is 9.47 Å². The zero-order chi connectivity index (χ0) is 15.9. The van der Waals surface area contributed by atoms with Crippen LogP contribution in [0, 0.1) is 0 Å². The minimum atomic E-state index is 0.356. The first-order valence-electron chi connectivity index (χ1n) is 7.78. The lowest BCUT2D eigenvalue weighted by Gasteiger charge is -2.35. The summed E-state index contributed by atoms with van der Waals surface area (Å²) in [6.45, 7) is 5.75. The third-order valence-electron chi connectivity index (χ3n) is 3.65. The van der Waals surface area contributed by atoms with E-state index < -0.39 is 0 Å². The number of hydrogen-bond acceptors (Lipinski definition) is 7. The van der Waals surface area contributed by atoms with Gasteiger partial charge >= 0.3 is 0 Å². The normalized spacial score (nSPS) is 17.8. The molecule has 0 bridgehead atoms. The molecule has 1 atom stereocenters. The Labute approximate surface area is 135 Å². The number of piperazine rings is 1. The number of nitrogens with one attached hydrogen (secondary N) is 1. The van der Waals surface area contributed by atoms with Gasteiger partial charge in [0.2, 0.25) is 0 Å². The van der Waals surface area contributed by atoms with Crippen molar-refractivity contribution in [1.29, 1.82) is 0 Å². The van der Waals surface area contributed by atoms with E-state index in [9.17, 15) is 0 Å². The minimum absolute atomic E-state index is 0.356. The summed E-state index contributed by atoms with van der Waals surface area (Å²) in [6, 6.07) is 4.06. The van der Waals surface area contributed by atoms with Crippen LogP contribution < -0.4 is 19.7 Å². The molecule has 1 aliphatic heterocycles. The van der Waals surface area contributed by atoms with Crippen molar-refractivity contribution >= 4 is 5.82 Å². The van der Waals surface area contributed by atoms with Crippen LogP contribution in [-0.4, -0.2) is 53.8 Å². The molecular formula is C16H21N5O2. The second kappa shape index (κ2) is 7.73. The lowest BCUT2D eigenvalue weighted by molar-refractivity contribution is 0.211. The van der Waals surface area contributed by atoms with Gasteiger partial charge in [0.1, 0.15) is 19.0 Å². The van der Waals surface area contributed by atoms with Crippen LogP contribution in [-0.2, 0) is 0 Å². The highest BCUT2D eigenvalue weighted by Crippen LogP contribution is 2.25. The first-order valence-corrected chi connectivity index (χ1v) is 7.78. The van der Waals surface area contributed by atoms with Crippen molar-refractivity contribution in [3.8, 4) is 11.6 Å². The van der Waals surface area contributed by atoms with Crippen LogP contribution >= 0.6 is 0 Å². The number of pyridine rings is 1. The van der Waals surface area contributed by atoms with Crippen LogP contribution in [0.4, 0.5) is 5.82 Å². The standard InChI is InChI=1S/C16H21N5O2/c1-13-11-18-7-8-21(13)15-16(20-6-5-19-15)23-10-9-22-14-3-2-4-17-12-14/h2-6,12-13,18H,7-11H2,1H3/t13-/m1/s1. The molecule has 3 heterocycles. The second-order valence-electron chi connectivity index (χ2n) is 5.32. The van der Waals surface area contributed by atoms with Crippen LogP contribution in [0.25, 0.3) is 0 Å². The van der Waals surface area contributed by atoms with Gasteiger partial charge < -0.3 is 19.7 Å². The summed E-state index contributed by atoms with van der Waals surface area (Å²) in [6.07, 6.45) is 6.73. The Kier molecular flexibility index (Phi) is 5.21. The Balaban J connectivity index is 1.57. The van der Waals surface area contributed by atoms with Crippen molar-refractivity contribution in [2.75, 3.05) is 37.7 Å². The number of anilines is 1. The van der Waals surface area contributed by atoms with E-state index in [2.05, 4.69) is 32.1 Å². The number of rotatable bonds is 6. The van der Waals surface area contributed by atoms with Crippen LogP contribution in [0.1, 0.15) is 6.92 Å². The fourth-order valence-electron chi connectivity index (χ4n) is 2.50. The number of ether oxygens (including phenoxy) is 2. The third-order valence-corrected chi connectivity index (χ3v) is 3.65. The van der Waals surface area contributed by atoms with Gasteiger partial charge in [0.25, 0.3) is 5.88 Å². The Morgan fingerprint density at radius 2 is 2.09 bits per heavy atom. The van der Waals surface area contributed by atoms with Gasteiger partial charge in [-0.15, -0.1) is 0 Å². The summed E-state index contributed by atoms with van der Waals surface area (Å²) in [5.74, 6) is 2.07. The number of hydrogen-bond donors (Lipinski definition) is 1. The first-order chi connectivity index (χ1) is 11.3. The molecule has 122 valence electrons. The van der Waals surface area contributed by atoms with Crippen molar-refractivity contribution in [2.45, 2.75) is 13.0 Å². The highest BCUT2D eigenvalue weighted by Gasteiger charge is 2.23. The van der Waals surface area contributed by atoms with Gasteiger partial charge in [-0.05, 0) is 19.1 Å². The molecule has 0 saturated carbocycles. The van der Waals surface area contributed by atoms with Gasteiger partial charge in [-0.2, -0.15) is 0 Å². The summed E-state index contributed by atoms with van der Waals surface area (Å²) in [7, 11) is 0. The maximum Gasteiger partial charge on any atom is 0.257 e. The van der Waals surface area contributed by atoms with Crippen LogP contribution in [0.3, 0.4) is 0 Å². The largest absolute Gasteiger partial charge is 0.488 e. The quantitative estimate of drug-likeness (QED) is 0.801. The van der Waals surface area contributed by atoms with Crippen molar-refractivity contribution in [3.63, 3.8) is 0 Å². The summed E-state index contributed by atoms with van der Waals surface area (Å²) in [4.78, 5) is 15.0. The summed E-state index contributed by atoms with van der Waals surface area (Å²) >= 11 is 0. The second-order valence-corrected chi connectivity index (χ2v) is 5.32. The minimum Gasteiger partial charge on any atom is -0.488 e. The molecule has 0 spiro atoms. The molecule has 2 aromatic rings. The molecule has 7 heteroatoms. The Morgan fingerprint density at radius 1 is 1.22 bits per heavy atom. The molecule has 1 N–H and O–H groups in total. The fraction of sp³-hybridized carbons (Fsp3) is 0.438. The molecule has 7 nitrogen and oxygen atoms in total. The maximum absolute atomic E-state index is 5.78. The Bertz CT molecular complexity index is 610. The van der Waals surface area contributed by atoms with Crippen LogP contribution in [0.5, 0.6) is 11.6 Å². The highest BCUT2D eigenvalue weighted by atomic mass is 16.5. The summed E-state index contributed by atoms with van der Waals surface area (Å²) < 4.78 is 11.4. The summed E-state index contributed by atoms with van der Waals surface area (Å²) in [5, 5.41) is 3.37. The monoisotopic (exact) mass is 315 g/mol. The van der Waals surface area contributed by atoms with Gasteiger partial charge in [-0.1, -0.05) is 0 Å². The number of aromatic nitrogens is 3. The molecule has 2 aromatic heterocycles. The number of nitrogens with zero attached hydrogens (tertiary/aromatic N) is 4. The molecule has 1 fully saturated rings. The molecule has 0 amide bonds. The molecule has 0 aromatic carbocycles. The average molecular weight is 315 g/mol. The van der Waals surface area contributed by atoms with Crippen molar-refractivity contribution in [2.24, 2.45) is 0 Å². The zero-order valence-electron chi connectivity index (χ0n) is 13.2. The van der Waals surface area contributed by atoms with Gasteiger partial charge in [0.15, 0.2) is 5.82 Å². The Morgan fingerprint density at radius 3 is 2.91 bits per heavy atom. The van der Waals surface area contributed by atoms with E-state index in [1.165, 1.54) is 0 Å². The predicted molar refractivity (Wildman–Crippen MR) is 86.9 cm³/mol. The van der Waals surface area contributed by atoms with E-state index in [-0.39, 0.29) is 0 Å².